The van der Waals surface area contributed by atoms with Gasteiger partial charge in [0.15, 0.2) is 0 Å². The minimum atomic E-state index is -1.13. The van der Waals surface area contributed by atoms with E-state index in [-0.39, 0.29) is 22.5 Å². The minimum absolute atomic E-state index is 0.0206. The second-order valence-electron chi connectivity index (χ2n) is 8.99. The van der Waals surface area contributed by atoms with E-state index in [2.05, 4.69) is 40.6 Å². The van der Waals surface area contributed by atoms with Gasteiger partial charge in [-0.1, -0.05) is 15.9 Å². The lowest BCUT2D eigenvalue weighted by Crippen LogP contribution is -2.45. The Labute approximate surface area is 168 Å². The molecule has 3 rings (SSSR count). The molecule has 1 saturated heterocycles. The molecule has 2 aliphatic heterocycles. The van der Waals surface area contributed by atoms with Crippen molar-refractivity contribution in [3.8, 4) is 5.75 Å². The summed E-state index contributed by atoms with van der Waals surface area (Å²) >= 11 is 3.55. The second-order valence-corrected chi connectivity index (χ2v) is 11.9. The molecule has 4 atom stereocenters. The largest absolute Gasteiger partial charge is 0.490 e. The molecule has 4 unspecified atom stereocenters. The van der Waals surface area contributed by atoms with Gasteiger partial charge in [0.25, 0.3) is 0 Å². The monoisotopic (exact) mass is 443 g/mol. The predicted octanol–water partition coefficient (Wildman–Crippen LogP) is 4.90. The average Bonchev–Trinajstić information content (AvgIpc) is 2.53. The Kier molecular flexibility index (Phi) is 5.88. The SMILES string of the molecule is CC1(C)CC(C2CC(NS(=O)C(C)(C)C)c3cc(Br)ccc3O2)CCO1. The molecule has 0 spiro atoms. The molecule has 1 aromatic carbocycles. The van der Waals surface area contributed by atoms with E-state index in [1.54, 1.807) is 0 Å². The fraction of sp³-hybridized carbons (Fsp3) is 0.700. The van der Waals surface area contributed by atoms with Crippen LogP contribution < -0.4 is 9.46 Å². The highest BCUT2D eigenvalue weighted by Gasteiger charge is 2.39. The van der Waals surface area contributed by atoms with E-state index in [4.69, 9.17) is 9.47 Å². The van der Waals surface area contributed by atoms with Crippen LogP contribution in [0.1, 0.15) is 65.5 Å². The van der Waals surface area contributed by atoms with Crippen LogP contribution in [0, 0.1) is 5.92 Å². The highest BCUT2D eigenvalue weighted by molar-refractivity contribution is 9.10. The second kappa shape index (κ2) is 7.53. The van der Waals surface area contributed by atoms with Crippen molar-refractivity contribution >= 4 is 26.9 Å². The molecule has 4 nitrogen and oxygen atoms in total. The first-order valence-corrected chi connectivity index (χ1v) is 11.3. The zero-order chi connectivity index (χ0) is 19.1. The molecule has 0 aromatic heterocycles. The first-order chi connectivity index (χ1) is 12.0. The fourth-order valence-electron chi connectivity index (χ4n) is 3.77. The number of halogens is 1. The van der Waals surface area contributed by atoms with E-state index < -0.39 is 11.0 Å². The van der Waals surface area contributed by atoms with E-state index in [9.17, 15) is 4.21 Å². The Morgan fingerprint density at radius 3 is 2.69 bits per heavy atom. The van der Waals surface area contributed by atoms with Crippen LogP contribution in [0.5, 0.6) is 5.75 Å². The molecule has 0 bridgehead atoms. The van der Waals surface area contributed by atoms with E-state index in [1.165, 1.54) is 0 Å². The van der Waals surface area contributed by atoms with Crippen molar-refractivity contribution < 1.29 is 13.7 Å². The Hall–Kier alpha value is -0.430. The average molecular weight is 444 g/mol. The smallest absolute Gasteiger partial charge is 0.124 e. The van der Waals surface area contributed by atoms with E-state index in [1.807, 2.05) is 32.9 Å². The van der Waals surface area contributed by atoms with Crippen LogP contribution >= 0.6 is 15.9 Å². The molecular weight excluding hydrogens is 414 g/mol. The molecule has 0 amide bonds. The number of hydrogen-bond acceptors (Lipinski definition) is 3. The highest BCUT2D eigenvalue weighted by atomic mass is 79.9. The summed E-state index contributed by atoms with van der Waals surface area (Å²) < 4.78 is 29.1. The predicted molar refractivity (Wildman–Crippen MR) is 110 cm³/mol. The molecule has 0 saturated carbocycles. The Morgan fingerprint density at radius 1 is 1.31 bits per heavy atom. The van der Waals surface area contributed by atoms with Gasteiger partial charge in [-0.3, -0.25) is 0 Å². The zero-order valence-electron chi connectivity index (χ0n) is 16.3. The lowest BCUT2D eigenvalue weighted by atomic mass is 9.81. The summed E-state index contributed by atoms with van der Waals surface area (Å²) in [6, 6.07) is 6.13. The summed E-state index contributed by atoms with van der Waals surface area (Å²) in [7, 11) is -1.13. The van der Waals surface area contributed by atoms with Gasteiger partial charge in [-0.2, -0.15) is 0 Å². The van der Waals surface area contributed by atoms with Crippen LogP contribution in [-0.2, 0) is 15.7 Å². The number of hydrogen-bond donors (Lipinski definition) is 1. The van der Waals surface area contributed by atoms with Crippen molar-refractivity contribution in [3.05, 3.63) is 28.2 Å². The third kappa shape index (κ3) is 4.70. The summed E-state index contributed by atoms with van der Waals surface area (Å²) in [6.07, 6.45) is 2.93. The summed E-state index contributed by atoms with van der Waals surface area (Å²) in [5.74, 6) is 1.35. The molecule has 1 aromatic rings. The van der Waals surface area contributed by atoms with Gasteiger partial charge in [0, 0.05) is 29.0 Å². The van der Waals surface area contributed by atoms with Crippen molar-refractivity contribution in [2.75, 3.05) is 6.61 Å². The van der Waals surface area contributed by atoms with Crippen molar-refractivity contribution in [1.29, 1.82) is 0 Å². The molecule has 0 radical (unpaired) electrons. The number of fused-ring (bicyclic) bond motifs is 1. The summed E-state index contributed by atoms with van der Waals surface area (Å²) in [5, 5.41) is 0. The fourth-order valence-corrected chi connectivity index (χ4v) is 4.99. The van der Waals surface area contributed by atoms with Gasteiger partial charge in [-0.15, -0.1) is 0 Å². The Morgan fingerprint density at radius 2 is 2.04 bits per heavy atom. The van der Waals surface area contributed by atoms with Gasteiger partial charge in [-0.25, -0.2) is 8.93 Å². The maximum Gasteiger partial charge on any atom is 0.124 e. The Bertz CT molecular complexity index is 686. The maximum absolute atomic E-state index is 12.7. The molecule has 0 aliphatic carbocycles. The number of nitrogens with one attached hydrogen (secondary N) is 1. The number of rotatable bonds is 3. The van der Waals surface area contributed by atoms with E-state index >= 15 is 0 Å². The van der Waals surface area contributed by atoms with Gasteiger partial charge in [0.05, 0.1) is 27.4 Å². The van der Waals surface area contributed by atoms with E-state index in [0.717, 1.165) is 41.7 Å². The van der Waals surface area contributed by atoms with Crippen LogP contribution in [0.4, 0.5) is 0 Å². The first kappa shape index (κ1) is 20.3. The van der Waals surface area contributed by atoms with Gasteiger partial charge in [-0.05, 0) is 65.7 Å². The standard InChI is InChI=1S/C20H30BrNO3S/c1-19(2,3)26(23)22-16-11-18(13-8-9-24-20(4,5)12-13)25-17-7-6-14(21)10-15(16)17/h6-7,10,13,16,18,22H,8-9,11-12H2,1-5H3. The molecule has 2 heterocycles. The molecular formula is C20H30BrNO3S. The third-order valence-electron chi connectivity index (χ3n) is 5.16. The van der Waals surface area contributed by atoms with Crippen molar-refractivity contribution in [1.82, 2.24) is 4.72 Å². The minimum Gasteiger partial charge on any atom is -0.490 e. The van der Waals surface area contributed by atoms with Crippen LogP contribution in [0.15, 0.2) is 22.7 Å². The lowest BCUT2D eigenvalue weighted by molar-refractivity contribution is -0.0946. The highest BCUT2D eigenvalue weighted by Crippen LogP contribution is 2.42. The summed E-state index contributed by atoms with van der Waals surface area (Å²) in [5.41, 5.74) is 0.975. The topological polar surface area (TPSA) is 47.6 Å². The molecule has 146 valence electrons. The van der Waals surface area contributed by atoms with Crippen LogP contribution in [0.25, 0.3) is 0 Å². The number of benzene rings is 1. The third-order valence-corrected chi connectivity index (χ3v) is 7.26. The van der Waals surface area contributed by atoms with E-state index in [0.29, 0.717) is 5.92 Å². The van der Waals surface area contributed by atoms with Crippen molar-refractivity contribution in [3.63, 3.8) is 0 Å². The zero-order valence-corrected chi connectivity index (χ0v) is 18.7. The number of ether oxygens (including phenoxy) is 2. The molecule has 6 heteroatoms. The molecule has 2 aliphatic rings. The van der Waals surface area contributed by atoms with Crippen molar-refractivity contribution in [2.45, 2.75) is 76.4 Å². The van der Waals surface area contributed by atoms with Crippen molar-refractivity contribution in [2.24, 2.45) is 5.92 Å². The van der Waals surface area contributed by atoms with Gasteiger partial charge < -0.3 is 9.47 Å². The van der Waals surface area contributed by atoms with Crippen LogP contribution in [-0.4, -0.2) is 27.3 Å². The van der Waals surface area contributed by atoms with Crippen LogP contribution in [0.2, 0.25) is 0 Å². The van der Waals surface area contributed by atoms with Gasteiger partial charge in [0.1, 0.15) is 11.9 Å². The molecule has 1 fully saturated rings. The Balaban J connectivity index is 1.85. The molecule has 1 N–H and O–H groups in total. The summed E-state index contributed by atoms with van der Waals surface area (Å²) in [4.78, 5) is 0. The molecule has 26 heavy (non-hydrogen) atoms. The lowest BCUT2D eigenvalue weighted by Gasteiger charge is -2.42. The van der Waals surface area contributed by atoms with Gasteiger partial charge in [0.2, 0.25) is 0 Å². The van der Waals surface area contributed by atoms with Crippen LogP contribution in [0.3, 0.4) is 0 Å². The maximum atomic E-state index is 12.7. The quantitative estimate of drug-likeness (QED) is 0.722. The normalized spacial score (nSPS) is 29.5. The summed E-state index contributed by atoms with van der Waals surface area (Å²) in [6.45, 7) is 11.1. The first-order valence-electron chi connectivity index (χ1n) is 9.33. The van der Waals surface area contributed by atoms with Gasteiger partial charge >= 0.3 is 0 Å².